The van der Waals surface area contributed by atoms with Crippen LogP contribution in [0.5, 0.6) is 17.2 Å². The van der Waals surface area contributed by atoms with Crippen LogP contribution < -0.4 is 25.5 Å². The number of hydrogen-bond donors (Lipinski definition) is 1. The maximum Gasteiger partial charge on any atom is 0.343 e. The van der Waals surface area contributed by atoms with Gasteiger partial charge in [-0.25, -0.2) is 19.2 Å². The van der Waals surface area contributed by atoms with Crippen molar-refractivity contribution in [3.63, 3.8) is 0 Å². The molecule has 360 valence electrons. The molecular weight excluding hydrogens is 953 g/mol. The summed E-state index contributed by atoms with van der Waals surface area (Å²) < 4.78 is 39.4. The van der Waals surface area contributed by atoms with Crippen molar-refractivity contribution in [3.8, 4) is 17.2 Å². The van der Waals surface area contributed by atoms with Crippen LogP contribution >= 0.6 is 23.5 Å². The number of aryl methyl sites for hydroxylation is 1. The van der Waals surface area contributed by atoms with Crippen LogP contribution in [0.1, 0.15) is 66.0 Å². The fourth-order valence-corrected chi connectivity index (χ4v) is 11.1. The number of carbonyl (C=O) groups excluding carboxylic acids is 3. The van der Waals surface area contributed by atoms with Crippen LogP contribution in [0.25, 0.3) is 0 Å². The lowest BCUT2D eigenvalue weighted by Gasteiger charge is -2.37. The highest BCUT2D eigenvalue weighted by Gasteiger charge is 2.45. The van der Waals surface area contributed by atoms with Crippen LogP contribution in [0.2, 0.25) is 0 Å². The Hall–Kier alpha value is -7.79. The third-order valence-electron chi connectivity index (χ3n) is 12.1. The smallest absolute Gasteiger partial charge is 0.343 e. The van der Waals surface area contributed by atoms with Gasteiger partial charge in [0.05, 0.1) is 29.4 Å². The number of nitrogens with zero attached hydrogens (tertiary/aromatic N) is 1. The van der Waals surface area contributed by atoms with Crippen molar-refractivity contribution in [1.29, 1.82) is 0 Å². The molecule has 0 aliphatic carbocycles. The summed E-state index contributed by atoms with van der Waals surface area (Å²) in [6, 6.07) is 54.8. The minimum absolute atomic E-state index is 0.118. The third kappa shape index (κ3) is 10.5. The SMILES string of the molecule is Cc1cn([C@H]2C[C@H](OC3Sc4ccccc4S3)[C@@H](COC(c3ccc(OC(=O)c4ccccc4)cc3)(c3ccc(OC(=O)c4ccccc4)cc3)c3ccc(OC(=O)c4ccccc4)cc3)O2)c(=O)[nH]c1=O. The van der Waals surface area contributed by atoms with E-state index in [1.165, 1.54) is 10.8 Å². The first kappa shape index (κ1) is 47.9. The number of ether oxygens (including phenoxy) is 6. The highest BCUT2D eigenvalue weighted by atomic mass is 32.2. The summed E-state index contributed by atoms with van der Waals surface area (Å²) in [7, 11) is 0. The average Bonchev–Trinajstić information content (AvgIpc) is 4.02. The summed E-state index contributed by atoms with van der Waals surface area (Å²) in [4.78, 5) is 70.0. The molecule has 0 bridgehead atoms. The van der Waals surface area contributed by atoms with Gasteiger partial charge in [0.1, 0.15) is 35.2 Å². The Morgan fingerprint density at radius 1 is 0.583 bits per heavy atom. The number of carbonyl (C=O) groups is 3. The predicted octanol–water partition coefficient (Wildman–Crippen LogP) is 10.4. The van der Waals surface area contributed by atoms with Gasteiger partial charge in [0, 0.05) is 28.0 Å². The minimum Gasteiger partial charge on any atom is -0.423 e. The molecule has 7 aromatic carbocycles. The van der Waals surface area contributed by atoms with E-state index in [0.29, 0.717) is 38.9 Å². The lowest BCUT2D eigenvalue weighted by Crippen LogP contribution is -2.39. The highest BCUT2D eigenvalue weighted by molar-refractivity contribution is 8.19. The van der Waals surface area contributed by atoms with Crippen LogP contribution in [-0.2, 0) is 19.8 Å². The highest BCUT2D eigenvalue weighted by Crippen LogP contribution is 2.50. The zero-order chi connectivity index (χ0) is 49.6. The van der Waals surface area contributed by atoms with Crippen molar-refractivity contribution in [2.75, 3.05) is 6.61 Å². The molecule has 3 heterocycles. The first-order valence-corrected chi connectivity index (χ1v) is 24.7. The molecular formula is C57H44N2O11S2. The summed E-state index contributed by atoms with van der Waals surface area (Å²) in [5, 5.41) is 0. The van der Waals surface area contributed by atoms with Crippen LogP contribution in [0, 0.1) is 6.92 Å². The summed E-state index contributed by atoms with van der Waals surface area (Å²) >= 11 is 3.15. The van der Waals surface area contributed by atoms with Gasteiger partial charge in [-0.1, -0.05) is 127 Å². The number of aromatic nitrogens is 2. The molecule has 1 fully saturated rings. The molecule has 3 atom stereocenters. The molecule has 8 aromatic rings. The summed E-state index contributed by atoms with van der Waals surface area (Å²) in [6.07, 6.45) is -0.525. The summed E-state index contributed by atoms with van der Waals surface area (Å²) in [5.41, 5.74) is 0.586. The zero-order valence-electron chi connectivity index (χ0n) is 38.5. The second-order valence-corrected chi connectivity index (χ2v) is 19.3. The van der Waals surface area contributed by atoms with Crippen molar-refractivity contribution >= 4 is 41.4 Å². The topological polar surface area (TPSA) is 161 Å². The average molecular weight is 997 g/mol. The molecule has 15 heteroatoms. The quantitative estimate of drug-likeness (QED) is 0.0587. The predicted molar refractivity (Wildman–Crippen MR) is 271 cm³/mol. The van der Waals surface area contributed by atoms with Gasteiger partial charge in [-0.05, 0) is 109 Å². The Labute approximate surface area is 421 Å². The Bertz CT molecular complexity index is 3080. The zero-order valence-corrected chi connectivity index (χ0v) is 40.1. The normalized spacial score (nSPS) is 16.4. The van der Waals surface area contributed by atoms with E-state index in [1.54, 1.807) is 176 Å². The van der Waals surface area contributed by atoms with Gasteiger partial charge in [-0.15, -0.1) is 0 Å². The first-order valence-electron chi connectivity index (χ1n) is 22.9. The molecule has 0 unspecified atom stereocenters. The molecule has 0 saturated carbocycles. The Kier molecular flexibility index (Phi) is 14.1. The Morgan fingerprint density at radius 3 is 1.40 bits per heavy atom. The fourth-order valence-electron chi connectivity index (χ4n) is 8.49. The number of thioether (sulfide) groups is 2. The van der Waals surface area contributed by atoms with Crippen molar-refractivity contribution in [2.24, 2.45) is 0 Å². The summed E-state index contributed by atoms with van der Waals surface area (Å²) in [6.45, 7) is 1.50. The van der Waals surface area contributed by atoms with E-state index in [9.17, 15) is 24.0 Å². The fraction of sp³-hybridized carbons (Fsp3) is 0.140. The van der Waals surface area contributed by atoms with Gasteiger partial charge >= 0.3 is 23.6 Å². The van der Waals surface area contributed by atoms with Crippen molar-refractivity contribution in [3.05, 3.63) is 254 Å². The van der Waals surface area contributed by atoms with Crippen LogP contribution in [0.15, 0.2) is 214 Å². The number of rotatable bonds is 15. The van der Waals surface area contributed by atoms with E-state index in [-0.39, 0.29) is 35.0 Å². The van der Waals surface area contributed by atoms with E-state index >= 15 is 0 Å². The van der Waals surface area contributed by atoms with E-state index in [0.717, 1.165) is 9.79 Å². The number of H-pyrrole nitrogens is 1. The molecule has 0 spiro atoms. The molecule has 0 radical (unpaired) electrons. The number of fused-ring (bicyclic) bond motifs is 1. The standard InChI is InChI=1S/C57H44N2O11S2/c1-36-34-59(55(64)58-51(36)60)50-33-46(70-56-71-48-19-11-12-20-49(48)72-56)47(69-50)35-65-57(40-21-27-43(28-22-40)66-52(61)37-13-5-2-6-14-37,41-23-29-44(30-24-41)67-53(62)38-15-7-3-8-16-38)42-25-31-45(32-26-42)68-54(63)39-17-9-4-10-18-39/h2-32,34,46-47,50,56H,33,35H2,1H3,(H,58,60,64)/t46-,47+,50+/m0/s1. The number of esters is 3. The van der Waals surface area contributed by atoms with Crippen LogP contribution in [0.3, 0.4) is 0 Å². The number of nitrogens with one attached hydrogen (secondary N) is 1. The second-order valence-electron chi connectivity index (χ2n) is 16.8. The molecule has 2 aliphatic heterocycles. The molecule has 13 nitrogen and oxygen atoms in total. The second kappa shape index (κ2) is 21.3. The van der Waals surface area contributed by atoms with E-state index < -0.39 is 53.2 Å². The Morgan fingerprint density at radius 2 is 0.986 bits per heavy atom. The molecule has 72 heavy (non-hydrogen) atoms. The third-order valence-corrected chi connectivity index (χ3v) is 14.7. The maximum atomic E-state index is 13.3. The number of benzene rings is 7. The maximum absolute atomic E-state index is 13.3. The van der Waals surface area contributed by atoms with Gasteiger partial charge in [-0.2, -0.15) is 0 Å². The minimum atomic E-state index is -1.52. The number of hydrogen-bond acceptors (Lipinski definition) is 13. The summed E-state index contributed by atoms with van der Waals surface area (Å²) in [5.74, 6) is -0.786. The van der Waals surface area contributed by atoms with Gasteiger partial charge in [-0.3, -0.25) is 14.3 Å². The molecule has 2 aliphatic rings. The van der Waals surface area contributed by atoms with Crippen molar-refractivity contribution in [2.45, 2.75) is 51.9 Å². The monoisotopic (exact) mass is 996 g/mol. The van der Waals surface area contributed by atoms with E-state index in [4.69, 9.17) is 28.4 Å². The lowest BCUT2D eigenvalue weighted by molar-refractivity contribution is -0.102. The molecule has 1 aromatic heterocycles. The lowest BCUT2D eigenvalue weighted by atomic mass is 9.80. The van der Waals surface area contributed by atoms with Gasteiger partial charge in [0.15, 0.2) is 4.77 Å². The Balaban J connectivity index is 1.05. The number of aromatic amines is 1. The van der Waals surface area contributed by atoms with Crippen LogP contribution in [0.4, 0.5) is 0 Å². The van der Waals surface area contributed by atoms with Crippen molar-refractivity contribution in [1.82, 2.24) is 9.55 Å². The molecule has 1 saturated heterocycles. The largest absolute Gasteiger partial charge is 0.423 e. The first-order chi connectivity index (χ1) is 35.1. The molecule has 1 N–H and O–H groups in total. The van der Waals surface area contributed by atoms with Gasteiger partial charge in [0.25, 0.3) is 5.56 Å². The van der Waals surface area contributed by atoms with Crippen LogP contribution in [-0.4, -0.2) is 51.0 Å². The van der Waals surface area contributed by atoms with E-state index in [1.807, 2.05) is 42.5 Å². The van der Waals surface area contributed by atoms with E-state index in [2.05, 4.69) is 4.98 Å². The molecule has 0 amide bonds. The van der Waals surface area contributed by atoms with Gasteiger partial charge < -0.3 is 28.4 Å². The van der Waals surface area contributed by atoms with Crippen molar-refractivity contribution < 1.29 is 42.8 Å². The van der Waals surface area contributed by atoms with Gasteiger partial charge in [0.2, 0.25) is 0 Å². The molecule has 10 rings (SSSR count).